The maximum absolute atomic E-state index is 2.38. The van der Waals surface area contributed by atoms with Gasteiger partial charge in [0.1, 0.15) is 7.05 Å². The van der Waals surface area contributed by atoms with E-state index in [-0.39, 0.29) is 0 Å². The van der Waals surface area contributed by atoms with Crippen molar-refractivity contribution in [3.8, 4) is 0 Å². The van der Waals surface area contributed by atoms with Crippen LogP contribution in [0.5, 0.6) is 0 Å². The minimum absolute atomic E-state index is 1.28. The monoisotopic (exact) mass is 402 g/mol. The van der Waals surface area contributed by atoms with Crippen molar-refractivity contribution in [3.05, 3.63) is 29.6 Å². The first-order chi connectivity index (χ1) is 14.3. The molecule has 0 aromatic carbocycles. The maximum atomic E-state index is 2.38. The molecule has 1 aromatic heterocycles. The van der Waals surface area contributed by atoms with Gasteiger partial charge in [-0.2, -0.15) is 0 Å². The molecule has 0 atom stereocenters. The Morgan fingerprint density at radius 3 is 1.34 bits per heavy atom. The Balaban J connectivity index is 2.14. The van der Waals surface area contributed by atoms with Gasteiger partial charge in [-0.05, 0) is 31.2 Å². The molecule has 1 rings (SSSR count). The van der Waals surface area contributed by atoms with E-state index in [2.05, 4.69) is 43.9 Å². The zero-order chi connectivity index (χ0) is 21.0. The van der Waals surface area contributed by atoms with Crippen LogP contribution in [0.4, 0.5) is 0 Å². The van der Waals surface area contributed by atoms with Crippen molar-refractivity contribution >= 4 is 0 Å². The molecule has 0 fully saturated rings. The van der Waals surface area contributed by atoms with Crippen LogP contribution in [0.15, 0.2) is 18.5 Å². The molecule has 0 N–H and O–H groups in total. The first-order valence-corrected chi connectivity index (χ1v) is 13.2. The van der Waals surface area contributed by atoms with Crippen molar-refractivity contribution in [1.29, 1.82) is 0 Å². The summed E-state index contributed by atoms with van der Waals surface area (Å²) in [6.07, 6.45) is 32.7. The molecule has 0 spiro atoms. The quantitative estimate of drug-likeness (QED) is 0.152. The Morgan fingerprint density at radius 2 is 0.897 bits per heavy atom. The molecular weight excluding hydrogens is 350 g/mol. The van der Waals surface area contributed by atoms with Crippen LogP contribution in [0.25, 0.3) is 0 Å². The van der Waals surface area contributed by atoms with Gasteiger partial charge in [0, 0.05) is 11.6 Å². The predicted octanol–water partition coefficient (Wildman–Crippen LogP) is 8.66. The highest BCUT2D eigenvalue weighted by atomic mass is 14.9. The molecule has 0 saturated heterocycles. The maximum Gasteiger partial charge on any atom is 0.171 e. The van der Waals surface area contributed by atoms with Gasteiger partial charge >= 0.3 is 0 Å². The van der Waals surface area contributed by atoms with Gasteiger partial charge in [0.2, 0.25) is 0 Å². The molecule has 0 aliphatic carbocycles. The van der Waals surface area contributed by atoms with Crippen molar-refractivity contribution in [1.82, 2.24) is 0 Å². The molecule has 0 aliphatic rings. The van der Waals surface area contributed by atoms with Gasteiger partial charge < -0.3 is 0 Å². The standard InChI is InChI=1S/C28H52N/c1-4-6-8-10-12-14-16-18-20-22-27-24-25-29(3)26-28(27)23-21-19-17-15-13-11-9-7-5-2/h24-26H,4-23H2,1-3H3/q+1. The fourth-order valence-electron chi connectivity index (χ4n) is 4.41. The molecule has 168 valence electrons. The van der Waals surface area contributed by atoms with Crippen LogP contribution in [0.1, 0.15) is 141 Å². The highest BCUT2D eigenvalue weighted by molar-refractivity contribution is 5.21. The first-order valence-electron chi connectivity index (χ1n) is 13.2. The van der Waals surface area contributed by atoms with E-state index in [9.17, 15) is 0 Å². The summed E-state index contributed by atoms with van der Waals surface area (Å²) < 4.78 is 2.24. The lowest BCUT2D eigenvalue weighted by Gasteiger charge is -2.08. The fourth-order valence-corrected chi connectivity index (χ4v) is 4.41. The molecule has 0 saturated carbocycles. The van der Waals surface area contributed by atoms with Gasteiger partial charge in [-0.3, -0.25) is 0 Å². The van der Waals surface area contributed by atoms with E-state index in [1.165, 1.54) is 128 Å². The van der Waals surface area contributed by atoms with Crippen molar-refractivity contribution < 1.29 is 4.57 Å². The SMILES string of the molecule is CCCCCCCCCCCc1cc[n+](C)cc1CCCCCCCCCCC. The topological polar surface area (TPSA) is 3.88 Å². The second kappa shape index (κ2) is 19.1. The first kappa shape index (κ1) is 26.2. The van der Waals surface area contributed by atoms with Gasteiger partial charge in [0.15, 0.2) is 12.4 Å². The zero-order valence-electron chi connectivity index (χ0n) is 20.3. The average molecular weight is 403 g/mol. The van der Waals surface area contributed by atoms with Gasteiger partial charge in [-0.15, -0.1) is 0 Å². The van der Waals surface area contributed by atoms with Crippen LogP contribution < -0.4 is 4.57 Å². The van der Waals surface area contributed by atoms with E-state index >= 15 is 0 Å². The molecule has 1 heteroatoms. The molecule has 0 bridgehead atoms. The van der Waals surface area contributed by atoms with Crippen molar-refractivity contribution in [2.75, 3.05) is 0 Å². The third kappa shape index (κ3) is 14.7. The number of aromatic nitrogens is 1. The van der Waals surface area contributed by atoms with Crippen molar-refractivity contribution in [3.63, 3.8) is 0 Å². The van der Waals surface area contributed by atoms with E-state index in [4.69, 9.17) is 0 Å². The number of hydrogen-bond donors (Lipinski definition) is 0. The molecule has 1 aromatic rings. The summed E-state index contributed by atoms with van der Waals surface area (Å²) in [6, 6.07) is 2.38. The van der Waals surface area contributed by atoms with Crippen LogP contribution in [-0.2, 0) is 19.9 Å². The van der Waals surface area contributed by atoms with Crippen LogP contribution in [0.2, 0.25) is 0 Å². The lowest BCUT2D eigenvalue weighted by Crippen LogP contribution is -2.27. The summed E-state index contributed by atoms with van der Waals surface area (Å²) >= 11 is 0. The number of nitrogens with zero attached hydrogens (tertiary/aromatic N) is 1. The summed E-state index contributed by atoms with van der Waals surface area (Å²) in [5, 5.41) is 0. The van der Waals surface area contributed by atoms with E-state index in [0.717, 1.165) is 0 Å². The summed E-state index contributed by atoms with van der Waals surface area (Å²) in [7, 11) is 2.17. The Bertz CT molecular complexity index is 479. The van der Waals surface area contributed by atoms with Crippen LogP contribution in [0.3, 0.4) is 0 Å². The molecule has 0 radical (unpaired) electrons. The Morgan fingerprint density at radius 1 is 0.517 bits per heavy atom. The highest BCUT2D eigenvalue weighted by Crippen LogP contribution is 2.17. The normalized spacial score (nSPS) is 11.3. The van der Waals surface area contributed by atoms with Gasteiger partial charge in [-0.1, -0.05) is 117 Å². The van der Waals surface area contributed by atoms with Crippen LogP contribution >= 0.6 is 0 Å². The molecule has 0 unspecified atom stereocenters. The van der Waals surface area contributed by atoms with Gasteiger partial charge in [-0.25, -0.2) is 4.57 Å². The highest BCUT2D eigenvalue weighted by Gasteiger charge is 2.07. The lowest BCUT2D eigenvalue weighted by atomic mass is 9.97. The van der Waals surface area contributed by atoms with Crippen molar-refractivity contribution in [2.45, 2.75) is 142 Å². The predicted molar refractivity (Wildman–Crippen MR) is 129 cm³/mol. The second-order valence-electron chi connectivity index (χ2n) is 9.32. The number of aryl methyl sites for hydroxylation is 3. The number of pyridine rings is 1. The summed E-state index contributed by atoms with van der Waals surface area (Å²) in [5.41, 5.74) is 3.23. The molecule has 0 amide bonds. The number of unbranched alkanes of at least 4 members (excludes halogenated alkanes) is 16. The van der Waals surface area contributed by atoms with Gasteiger partial charge in [0.05, 0.1) is 0 Å². The molecule has 29 heavy (non-hydrogen) atoms. The third-order valence-electron chi connectivity index (χ3n) is 6.38. The van der Waals surface area contributed by atoms with Crippen LogP contribution in [-0.4, -0.2) is 0 Å². The lowest BCUT2D eigenvalue weighted by molar-refractivity contribution is -0.672. The number of rotatable bonds is 20. The smallest absolute Gasteiger partial charge is 0.171 e. The van der Waals surface area contributed by atoms with Gasteiger partial charge in [0.25, 0.3) is 0 Å². The summed E-state index contributed by atoms with van der Waals surface area (Å²) in [5.74, 6) is 0. The Kier molecular flexibility index (Phi) is 17.3. The Hall–Kier alpha value is -0.850. The summed E-state index contributed by atoms with van der Waals surface area (Å²) in [6.45, 7) is 4.60. The van der Waals surface area contributed by atoms with E-state index in [1.807, 2.05) is 0 Å². The molecule has 1 heterocycles. The van der Waals surface area contributed by atoms with E-state index in [1.54, 1.807) is 11.1 Å². The van der Waals surface area contributed by atoms with E-state index < -0.39 is 0 Å². The average Bonchev–Trinajstić information content (AvgIpc) is 2.72. The summed E-state index contributed by atoms with van der Waals surface area (Å²) in [4.78, 5) is 0. The minimum atomic E-state index is 1.28. The zero-order valence-corrected chi connectivity index (χ0v) is 20.3. The van der Waals surface area contributed by atoms with Crippen LogP contribution in [0, 0.1) is 0 Å². The Labute approximate surface area is 183 Å². The largest absolute Gasteiger partial charge is 0.208 e. The molecule has 1 nitrogen and oxygen atoms in total. The molecular formula is C28H52N+. The molecule has 0 aliphatic heterocycles. The van der Waals surface area contributed by atoms with Crippen molar-refractivity contribution in [2.24, 2.45) is 7.05 Å². The third-order valence-corrected chi connectivity index (χ3v) is 6.38. The minimum Gasteiger partial charge on any atom is -0.208 e. The fraction of sp³-hybridized carbons (Fsp3) is 0.821. The van der Waals surface area contributed by atoms with E-state index in [0.29, 0.717) is 0 Å². The number of hydrogen-bond acceptors (Lipinski definition) is 0. The second-order valence-corrected chi connectivity index (χ2v) is 9.32.